The molecule has 0 saturated carbocycles. The molecule has 0 aromatic carbocycles. The Labute approximate surface area is 107 Å². The first-order valence-corrected chi connectivity index (χ1v) is 6.51. The third-order valence-corrected chi connectivity index (χ3v) is 1.98. The maximum atomic E-state index is 4.36. The Kier molecular flexibility index (Phi) is 13.7. The van der Waals surface area contributed by atoms with Crippen LogP contribution in [-0.4, -0.2) is 29.6 Å². The molecular weight excluding hydrogens is 216 g/mol. The maximum absolute atomic E-state index is 4.36. The van der Waals surface area contributed by atoms with Gasteiger partial charge in [-0.3, -0.25) is 0 Å². The van der Waals surface area contributed by atoms with Crippen molar-refractivity contribution < 1.29 is 0 Å². The molecule has 0 unspecified atom stereocenters. The lowest BCUT2D eigenvalue weighted by Gasteiger charge is -2.23. The fourth-order valence-corrected chi connectivity index (χ4v) is 1.38. The average molecular weight is 242 g/mol. The van der Waals surface area contributed by atoms with Crippen LogP contribution >= 0.6 is 12.6 Å². The minimum Gasteiger partial charge on any atom is -0.356 e. The van der Waals surface area contributed by atoms with E-state index in [-0.39, 0.29) is 0 Å². The second-order valence-electron chi connectivity index (χ2n) is 3.02. The number of hydrogen-bond acceptors (Lipinski definition) is 2. The van der Waals surface area contributed by atoms with Gasteiger partial charge >= 0.3 is 0 Å². The first kappa shape index (κ1) is 17.7. The lowest BCUT2D eigenvalue weighted by molar-refractivity contribution is 0.470. The van der Waals surface area contributed by atoms with Crippen molar-refractivity contribution in [2.24, 2.45) is 4.99 Å². The van der Waals surface area contributed by atoms with Gasteiger partial charge in [0.1, 0.15) is 5.84 Å². The van der Waals surface area contributed by atoms with Crippen LogP contribution in [0.3, 0.4) is 0 Å². The number of allylic oxidation sites excluding steroid dienone is 1. The number of nitrogens with zero attached hydrogens (tertiary/aromatic N) is 2. The second kappa shape index (κ2) is 12.4. The van der Waals surface area contributed by atoms with Crippen LogP contribution in [-0.2, 0) is 0 Å². The van der Waals surface area contributed by atoms with Crippen LogP contribution in [0.1, 0.15) is 34.6 Å². The lowest BCUT2D eigenvalue weighted by atomic mass is 10.3. The average Bonchev–Trinajstić information content (AvgIpc) is 2.30. The van der Waals surface area contributed by atoms with E-state index in [1.807, 2.05) is 33.8 Å². The highest BCUT2D eigenvalue weighted by atomic mass is 32.1. The molecule has 16 heavy (non-hydrogen) atoms. The van der Waals surface area contributed by atoms with E-state index in [9.17, 15) is 0 Å². The van der Waals surface area contributed by atoms with Crippen molar-refractivity contribution in [3.8, 4) is 0 Å². The van der Waals surface area contributed by atoms with E-state index in [0.717, 1.165) is 30.3 Å². The minimum absolute atomic E-state index is 0.829. The largest absolute Gasteiger partial charge is 0.356 e. The molecule has 0 atom stereocenters. The summed E-state index contributed by atoms with van der Waals surface area (Å²) in [6.45, 7) is 15.8. The molecule has 0 aromatic heterocycles. The third kappa shape index (κ3) is 7.57. The second-order valence-corrected chi connectivity index (χ2v) is 3.47. The van der Waals surface area contributed by atoms with Crippen LogP contribution in [0.25, 0.3) is 0 Å². The summed E-state index contributed by atoms with van der Waals surface area (Å²) in [6, 6.07) is 0. The molecule has 0 fully saturated rings. The standard InChI is InChI=1S/C11H20N2S.C2H6/c1-5-7-12-11(10(3)4)13(6-2)8-9-14;1-2/h5,7,14H,3,6,8-9H2,1-2,4H3;1-2H3/b7-5-,12-11?;. The summed E-state index contributed by atoms with van der Waals surface area (Å²) >= 11 is 4.22. The first-order chi connectivity index (χ1) is 7.67. The monoisotopic (exact) mass is 242 g/mol. The number of thiol groups is 1. The van der Waals surface area contributed by atoms with Gasteiger partial charge < -0.3 is 4.90 Å². The SMILES string of the molecule is C=C(C)C(=N/C=C\C)N(CC)CCS.CC. The number of rotatable bonds is 5. The molecule has 0 aliphatic heterocycles. The molecule has 0 aliphatic carbocycles. The van der Waals surface area contributed by atoms with E-state index < -0.39 is 0 Å². The third-order valence-electron chi connectivity index (χ3n) is 1.78. The van der Waals surface area contributed by atoms with Gasteiger partial charge in [0.15, 0.2) is 0 Å². The van der Waals surface area contributed by atoms with Crippen LogP contribution in [0, 0.1) is 0 Å². The van der Waals surface area contributed by atoms with Gasteiger partial charge in [0, 0.05) is 25.0 Å². The molecule has 0 saturated heterocycles. The van der Waals surface area contributed by atoms with Gasteiger partial charge in [-0.25, -0.2) is 4.99 Å². The van der Waals surface area contributed by atoms with Crippen LogP contribution in [0.2, 0.25) is 0 Å². The van der Waals surface area contributed by atoms with E-state index in [4.69, 9.17) is 0 Å². The molecule has 2 nitrogen and oxygen atoms in total. The summed E-state index contributed by atoms with van der Waals surface area (Å²) in [5.41, 5.74) is 0.992. The molecule has 0 heterocycles. The van der Waals surface area contributed by atoms with E-state index in [1.54, 1.807) is 6.20 Å². The molecule has 0 aromatic rings. The zero-order chi connectivity index (χ0) is 13.0. The van der Waals surface area contributed by atoms with Crippen LogP contribution in [0.5, 0.6) is 0 Å². The summed E-state index contributed by atoms with van der Waals surface area (Å²) in [4.78, 5) is 6.54. The Morgan fingerprint density at radius 2 is 2.00 bits per heavy atom. The Bertz CT molecular complexity index is 232. The molecule has 0 N–H and O–H groups in total. The molecule has 0 amide bonds. The van der Waals surface area contributed by atoms with Crippen molar-refractivity contribution in [2.75, 3.05) is 18.8 Å². The number of aliphatic imine (C=N–C) groups is 1. The Morgan fingerprint density at radius 1 is 1.44 bits per heavy atom. The molecule has 0 radical (unpaired) electrons. The van der Waals surface area contributed by atoms with Crippen molar-refractivity contribution in [1.82, 2.24) is 4.90 Å². The molecular formula is C13H26N2S. The summed E-state index contributed by atoms with van der Waals surface area (Å²) in [7, 11) is 0. The quantitative estimate of drug-likeness (QED) is 0.441. The molecule has 0 spiro atoms. The highest BCUT2D eigenvalue weighted by Crippen LogP contribution is 2.02. The van der Waals surface area contributed by atoms with Crippen LogP contribution < -0.4 is 0 Å². The first-order valence-electron chi connectivity index (χ1n) is 5.88. The van der Waals surface area contributed by atoms with Gasteiger partial charge in [0.2, 0.25) is 0 Å². The maximum Gasteiger partial charge on any atom is 0.130 e. The predicted octanol–water partition coefficient (Wildman–Crippen LogP) is 3.77. The predicted molar refractivity (Wildman–Crippen MR) is 79.5 cm³/mol. The van der Waals surface area contributed by atoms with Crippen LogP contribution in [0.4, 0.5) is 0 Å². The minimum atomic E-state index is 0.829. The van der Waals surface area contributed by atoms with E-state index in [0.29, 0.717) is 0 Å². The van der Waals surface area contributed by atoms with Gasteiger partial charge in [-0.2, -0.15) is 12.6 Å². The van der Waals surface area contributed by atoms with Gasteiger partial charge in [-0.05, 0) is 26.3 Å². The van der Waals surface area contributed by atoms with Gasteiger partial charge in [0.25, 0.3) is 0 Å². The van der Waals surface area contributed by atoms with Crippen molar-refractivity contribution in [3.05, 3.63) is 24.4 Å². The van der Waals surface area contributed by atoms with Crippen molar-refractivity contribution in [1.29, 1.82) is 0 Å². The zero-order valence-corrected chi connectivity index (χ0v) is 12.2. The Balaban J connectivity index is 0. The van der Waals surface area contributed by atoms with Gasteiger partial charge in [0.05, 0.1) is 0 Å². The Hall–Kier alpha value is -0.700. The molecule has 94 valence electrons. The highest BCUT2D eigenvalue weighted by molar-refractivity contribution is 7.80. The van der Waals surface area contributed by atoms with E-state index >= 15 is 0 Å². The summed E-state index contributed by atoms with van der Waals surface area (Å²) in [5.74, 6) is 1.79. The fraction of sp³-hybridized carbons (Fsp3) is 0.615. The molecule has 0 aliphatic rings. The fourth-order valence-electron chi connectivity index (χ4n) is 1.14. The van der Waals surface area contributed by atoms with Crippen molar-refractivity contribution >= 4 is 18.5 Å². The normalized spacial score (nSPS) is 11.0. The van der Waals surface area contributed by atoms with Gasteiger partial charge in [-0.1, -0.05) is 26.5 Å². The Morgan fingerprint density at radius 3 is 2.31 bits per heavy atom. The van der Waals surface area contributed by atoms with Gasteiger partial charge in [-0.15, -0.1) is 0 Å². The number of likely N-dealkylation sites (N-methyl/N-ethyl adjacent to an activating group) is 1. The lowest BCUT2D eigenvalue weighted by Crippen LogP contribution is -2.33. The van der Waals surface area contributed by atoms with Crippen molar-refractivity contribution in [2.45, 2.75) is 34.6 Å². The van der Waals surface area contributed by atoms with E-state index in [2.05, 4.69) is 36.0 Å². The molecule has 0 bridgehead atoms. The molecule has 0 rings (SSSR count). The zero-order valence-electron chi connectivity index (χ0n) is 11.3. The van der Waals surface area contributed by atoms with Crippen LogP contribution in [0.15, 0.2) is 29.4 Å². The number of amidine groups is 1. The molecule has 3 heteroatoms. The van der Waals surface area contributed by atoms with Crippen molar-refractivity contribution in [3.63, 3.8) is 0 Å². The summed E-state index contributed by atoms with van der Waals surface area (Å²) in [5, 5.41) is 0. The topological polar surface area (TPSA) is 15.6 Å². The smallest absolute Gasteiger partial charge is 0.130 e. The summed E-state index contributed by atoms with van der Waals surface area (Å²) < 4.78 is 0. The summed E-state index contributed by atoms with van der Waals surface area (Å²) in [6.07, 6.45) is 3.71. The number of hydrogen-bond donors (Lipinski definition) is 1. The van der Waals surface area contributed by atoms with E-state index in [1.165, 1.54) is 0 Å². The highest BCUT2D eigenvalue weighted by Gasteiger charge is 2.07.